The van der Waals surface area contributed by atoms with Gasteiger partial charge in [0.2, 0.25) is 5.91 Å². The molecule has 0 spiro atoms. The lowest BCUT2D eigenvalue weighted by molar-refractivity contribution is -0.114. The Morgan fingerprint density at radius 1 is 1.04 bits per heavy atom. The molecule has 2 amide bonds. The number of hydrogen-bond donors (Lipinski definition) is 2. The number of anilines is 1. The van der Waals surface area contributed by atoms with Crippen molar-refractivity contribution in [1.82, 2.24) is 5.43 Å². The van der Waals surface area contributed by atoms with E-state index in [-0.39, 0.29) is 17.9 Å². The summed E-state index contributed by atoms with van der Waals surface area (Å²) in [6.45, 7) is 5.36. The van der Waals surface area contributed by atoms with Crippen LogP contribution < -0.4 is 15.5 Å². The van der Waals surface area contributed by atoms with Gasteiger partial charge in [0, 0.05) is 18.2 Å². The molecular formula is C19H21N3O3. The van der Waals surface area contributed by atoms with Crippen LogP contribution in [0.2, 0.25) is 0 Å². The maximum atomic E-state index is 12.0. The molecule has 0 bridgehead atoms. The van der Waals surface area contributed by atoms with Crippen molar-refractivity contribution in [3.8, 4) is 5.75 Å². The molecule has 0 atom stereocenters. The molecule has 0 aliphatic carbocycles. The van der Waals surface area contributed by atoms with Crippen LogP contribution in [0.1, 0.15) is 36.7 Å². The zero-order valence-corrected chi connectivity index (χ0v) is 14.4. The summed E-state index contributed by atoms with van der Waals surface area (Å²) in [5.41, 5.74) is 4.40. The Kier molecular flexibility index (Phi) is 6.28. The number of benzene rings is 2. The van der Waals surface area contributed by atoms with Gasteiger partial charge in [-0.05, 0) is 67.9 Å². The van der Waals surface area contributed by atoms with Crippen LogP contribution in [-0.2, 0) is 4.79 Å². The fourth-order valence-corrected chi connectivity index (χ4v) is 2.04. The molecule has 0 aromatic heterocycles. The van der Waals surface area contributed by atoms with E-state index < -0.39 is 0 Å². The van der Waals surface area contributed by atoms with Crippen molar-refractivity contribution >= 4 is 23.7 Å². The standard InChI is InChI=1S/C19H21N3O3/c1-13(2)25-18-10-4-15(5-11-18)12-20-22-19(24)16-6-8-17(9-7-16)21-14(3)23/h4-13H,1-3H3,(H,21,23)(H,22,24)/b20-12-. The highest BCUT2D eigenvalue weighted by Gasteiger charge is 2.04. The van der Waals surface area contributed by atoms with Gasteiger partial charge in [-0.3, -0.25) is 9.59 Å². The topological polar surface area (TPSA) is 79.8 Å². The van der Waals surface area contributed by atoms with E-state index in [1.54, 1.807) is 30.5 Å². The number of rotatable bonds is 6. The van der Waals surface area contributed by atoms with Gasteiger partial charge < -0.3 is 10.1 Å². The summed E-state index contributed by atoms with van der Waals surface area (Å²) < 4.78 is 5.56. The third-order valence-corrected chi connectivity index (χ3v) is 3.10. The second-order valence-electron chi connectivity index (χ2n) is 5.69. The third kappa shape index (κ3) is 6.10. The van der Waals surface area contributed by atoms with Crippen molar-refractivity contribution in [3.63, 3.8) is 0 Å². The van der Waals surface area contributed by atoms with Crippen LogP contribution in [0.4, 0.5) is 5.69 Å². The quantitative estimate of drug-likeness (QED) is 0.626. The normalized spacial score (nSPS) is 10.7. The predicted molar refractivity (Wildman–Crippen MR) is 98.0 cm³/mol. The average Bonchev–Trinajstić information content (AvgIpc) is 2.56. The van der Waals surface area contributed by atoms with Crippen molar-refractivity contribution in [2.75, 3.05) is 5.32 Å². The lowest BCUT2D eigenvalue weighted by atomic mass is 10.2. The molecule has 0 saturated heterocycles. The maximum Gasteiger partial charge on any atom is 0.271 e. The average molecular weight is 339 g/mol. The summed E-state index contributed by atoms with van der Waals surface area (Å²) in [4.78, 5) is 23.0. The van der Waals surface area contributed by atoms with Crippen molar-refractivity contribution in [1.29, 1.82) is 0 Å². The number of hydrazone groups is 1. The van der Waals surface area contributed by atoms with E-state index in [0.29, 0.717) is 11.3 Å². The lowest BCUT2D eigenvalue weighted by Crippen LogP contribution is -2.17. The summed E-state index contributed by atoms with van der Waals surface area (Å²) >= 11 is 0. The van der Waals surface area contributed by atoms with Crippen molar-refractivity contribution in [2.45, 2.75) is 26.9 Å². The van der Waals surface area contributed by atoms with Gasteiger partial charge in [0.1, 0.15) is 5.75 Å². The molecule has 25 heavy (non-hydrogen) atoms. The minimum Gasteiger partial charge on any atom is -0.491 e. The number of carbonyl (C=O) groups is 2. The molecule has 2 rings (SSSR count). The number of nitrogens with one attached hydrogen (secondary N) is 2. The molecule has 2 aromatic carbocycles. The fourth-order valence-electron chi connectivity index (χ4n) is 2.04. The molecule has 0 saturated carbocycles. The second-order valence-corrected chi connectivity index (χ2v) is 5.69. The highest BCUT2D eigenvalue weighted by molar-refractivity contribution is 5.96. The summed E-state index contributed by atoms with van der Waals surface area (Å²) in [7, 11) is 0. The minimum atomic E-state index is -0.328. The Morgan fingerprint density at radius 3 is 2.24 bits per heavy atom. The van der Waals surface area contributed by atoms with E-state index in [1.165, 1.54) is 6.92 Å². The first-order valence-corrected chi connectivity index (χ1v) is 7.92. The van der Waals surface area contributed by atoms with E-state index in [2.05, 4.69) is 15.8 Å². The number of nitrogens with zero attached hydrogens (tertiary/aromatic N) is 1. The van der Waals surface area contributed by atoms with E-state index in [0.717, 1.165) is 11.3 Å². The Hall–Kier alpha value is -3.15. The largest absolute Gasteiger partial charge is 0.491 e. The van der Waals surface area contributed by atoms with E-state index in [1.807, 2.05) is 38.1 Å². The molecule has 0 aliphatic rings. The van der Waals surface area contributed by atoms with Gasteiger partial charge in [-0.25, -0.2) is 5.43 Å². The van der Waals surface area contributed by atoms with Crippen molar-refractivity contribution in [3.05, 3.63) is 59.7 Å². The molecule has 0 radical (unpaired) electrons. The first kappa shape index (κ1) is 18.2. The first-order valence-electron chi connectivity index (χ1n) is 7.92. The molecule has 0 heterocycles. The van der Waals surface area contributed by atoms with Crippen LogP contribution in [0.5, 0.6) is 5.75 Å². The van der Waals surface area contributed by atoms with Crippen LogP contribution >= 0.6 is 0 Å². The highest BCUT2D eigenvalue weighted by Crippen LogP contribution is 2.13. The predicted octanol–water partition coefficient (Wildman–Crippen LogP) is 3.20. The van der Waals surface area contributed by atoms with E-state index in [4.69, 9.17) is 4.74 Å². The summed E-state index contributed by atoms with van der Waals surface area (Å²) in [5.74, 6) is 0.299. The van der Waals surface area contributed by atoms with E-state index >= 15 is 0 Å². The molecule has 6 heteroatoms. The van der Waals surface area contributed by atoms with Crippen LogP contribution in [0.15, 0.2) is 53.6 Å². The molecule has 130 valence electrons. The van der Waals surface area contributed by atoms with Gasteiger partial charge in [-0.1, -0.05) is 0 Å². The Balaban J connectivity index is 1.90. The SMILES string of the molecule is CC(=O)Nc1ccc(C(=O)N/N=C\c2ccc(OC(C)C)cc2)cc1. The van der Waals surface area contributed by atoms with Gasteiger partial charge in [0.05, 0.1) is 12.3 Å². The first-order chi connectivity index (χ1) is 11.9. The van der Waals surface area contributed by atoms with Crippen molar-refractivity contribution < 1.29 is 14.3 Å². The van der Waals surface area contributed by atoms with Gasteiger partial charge in [-0.15, -0.1) is 0 Å². The van der Waals surface area contributed by atoms with Gasteiger partial charge in [0.15, 0.2) is 0 Å². The molecule has 2 aromatic rings. The zero-order valence-electron chi connectivity index (χ0n) is 14.4. The molecular weight excluding hydrogens is 318 g/mol. The van der Waals surface area contributed by atoms with Gasteiger partial charge in [-0.2, -0.15) is 5.10 Å². The maximum absolute atomic E-state index is 12.0. The summed E-state index contributed by atoms with van der Waals surface area (Å²) in [5, 5.41) is 6.59. The molecule has 2 N–H and O–H groups in total. The van der Waals surface area contributed by atoms with Crippen molar-refractivity contribution in [2.24, 2.45) is 5.10 Å². The number of ether oxygens (including phenoxy) is 1. The molecule has 6 nitrogen and oxygen atoms in total. The van der Waals surface area contributed by atoms with Gasteiger partial charge in [0.25, 0.3) is 5.91 Å². The second kappa shape index (κ2) is 8.63. The van der Waals surface area contributed by atoms with Crippen LogP contribution in [0.3, 0.4) is 0 Å². The highest BCUT2D eigenvalue weighted by atomic mass is 16.5. The number of amides is 2. The Labute approximate surface area is 146 Å². The zero-order chi connectivity index (χ0) is 18.2. The summed E-state index contributed by atoms with van der Waals surface area (Å²) in [6.07, 6.45) is 1.68. The van der Waals surface area contributed by atoms with Gasteiger partial charge >= 0.3 is 0 Å². The Morgan fingerprint density at radius 2 is 1.68 bits per heavy atom. The summed E-state index contributed by atoms with van der Waals surface area (Å²) in [6, 6.07) is 14.0. The van der Waals surface area contributed by atoms with Crippen LogP contribution in [0, 0.1) is 0 Å². The molecule has 0 aliphatic heterocycles. The smallest absolute Gasteiger partial charge is 0.271 e. The minimum absolute atomic E-state index is 0.121. The van der Waals surface area contributed by atoms with Crippen LogP contribution in [-0.4, -0.2) is 24.1 Å². The monoisotopic (exact) mass is 339 g/mol. The fraction of sp³-hybridized carbons (Fsp3) is 0.211. The lowest BCUT2D eigenvalue weighted by Gasteiger charge is -2.09. The third-order valence-electron chi connectivity index (χ3n) is 3.10. The Bertz CT molecular complexity index is 750. The van der Waals surface area contributed by atoms with E-state index in [9.17, 15) is 9.59 Å². The molecule has 0 fully saturated rings. The molecule has 0 unspecified atom stereocenters. The number of carbonyl (C=O) groups excluding carboxylic acids is 2. The van der Waals surface area contributed by atoms with Crippen LogP contribution in [0.25, 0.3) is 0 Å². The number of hydrogen-bond acceptors (Lipinski definition) is 4.